The van der Waals surface area contributed by atoms with Crippen LogP contribution >= 0.6 is 15.9 Å². The van der Waals surface area contributed by atoms with Crippen molar-refractivity contribution in [3.8, 4) is 0 Å². The molecule has 6 heavy (non-hydrogen) atoms. The first kappa shape index (κ1) is 4.60. The molecule has 2 N–H and O–H groups in total. The average Bonchev–Trinajstić information content (AvgIpc) is 1.94. The summed E-state index contributed by atoms with van der Waals surface area (Å²) in [6, 6.07) is 0.435. The normalized spacial score (nSPS) is 55.5. The molecule has 0 amide bonds. The molecule has 1 fully saturated rings. The van der Waals surface area contributed by atoms with Gasteiger partial charge in [-0.1, -0.05) is 22.9 Å². The highest BCUT2D eigenvalue weighted by Gasteiger charge is 2.41. The van der Waals surface area contributed by atoms with E-state index in [1.165, 1.54) is 0 Å². The quantitative estimate of drug-likeness (QED) is 0.506. The van der Waals surface area contributed by atoms with Gasteiger partial charge in [0, 0.05) is 10.9 Å². The summed E-state index contributed by atoms with van der Waals surface area (Å²) in [4.78, 5) is 0.609. The van der Waals surface area contributed by atoms with Crippen molar-refractivity contribution in [1.82, 2.24) is 0 Å². The molecule has 0 radical (unpaired) electrons. The SMILES string of the molecule is C[C@@H]1[C@H](N)[C@@H]1Br. The molecule has 1 aliphatic carbocycles. The summed E-state index contributed by atoms with van der Waals surface area (Å²) in [5.41, 5.74) is 5.46. The molecule has 0 aromatic rings. The Labute approximate surface area is 46.0 Å². The van der Waals surface area contributed by atoms with E-state index in [1.54, 1.807) is 0 Å². The van der Waals surface area contributed by atoms with Gasteiger partial charge in [0.25, 0.3) is 0 Å². The van der Waals surface area contributed by atoms with Crippen molar-refractivity contribution in [2.75, 3.05) is 0 Å². The Bertz CT molecular complexity index is 44.3. The van der Waals surface area contributed by atoms with E-state index in [0.717, 1.165) is 0 Å². The van der Waals surface area contributed by atoms with Crippen LogP contribution in [-0.4, -0.2) is 10.9 Å². The highest BCUT2D eigenvalue weighted by molar-refractivity contribution is 9.09. The van der Waals surface area contributed by atoms with E-state index in [4.69, 9.17) is 5.73 Å². The number of rotatable bonds is 0. The van der Waals surface area contributed by atoms with Crippen LogP contribution in [0.25, 0.3) is 0 Å². The minimum absolute atomic E-state index is 0.435. The van der Waals surface area contributed by atoms with E-state index in [2.05, 4.69) is 22.9 Å². The Balaban J connectivity index is 2.31. The second kappa shape index (κ2) is 1.20. The Morgan fingerprint density at radius 3 is 1.83 bits per heavy atom. The van der Waals surface area contributed by atoms with Crippen LogP contribution in [0.2, 0.25) is 0 Å². The molecule has 1 nitrogen and oxygen atoms in total. The monoisotopic (exact) mass is 149 g/mol. The molecular weight excluding hydrogens is 142 g/mol. The molecule has 0 heterocycles. The number of halogens is 1. The van der Waals surface area contributed by atoms with Crippen LogP contribution in [0.1, 0.15) is 6.92 Å². The molecule has 36 valence electrons. The van der Waals surface area contributed by atoms with Crippen molar-refractivity contribution in [2.45, 2.75) is 17.8 Å². The van der Waals surface area contributed by atoms with E-state index in [9.17, 15) is 0 Å². The van der Waals surface area contributed by atoms with Gasteiger partial charge >= 0.3 is 0 Å². The van der Waals surface area contributed by atoms with Crippen LogP contribution < -0.4 is 5.73 Å². The second-order valence-corrected chi connectivity index (χ2v) is 2.94. The number of nitrogens with two attached hydrogens (primary N) is 1. The largest absolute Gasteiger partial charge is 0.326 e. The van der Waals surface area contributed by atoms with Gasteiger partial charge in [0.05, 0.1) is 0 Å². The zero-order chi connectivity index (χ0) is 4.73. The smallest absolute Gasteiger partial charge is 0.0340 e. The molecular formula is C4H8BrN. The van der Waals surface area contributed by atoms with Crippen LogP contribution in [0.5, 0.6) is 0 Å². The van der Waals surface area contributed by atoms with Gasteiger partial charge in [0.15, 0.2) is 0 Å². The van der Waals surface area contributed by atoms with E-state index in [-0.39, 0.29) is 0 Å². The lowest BCUT2D eigenvalue weighted by atomic mass is 10.5. The third kappa shape index (κ3) is 0.482. The summed E-state index contributed by atoms with van der Waals surface area (Å²) in [7, 11) is 0. The number of alkyl halides is 1. The van der Waals surface area contributed by atoms with Gasteiger partial charge in [-0.25, -0.2) is 0 Å². The van der Waals surface area contributed by atoms with Gasteiger partial charge in [-0.05, 0) is 5.92 Å². The van der Waals surface area contributed by atoms with E-state index in [0.29, 0.717) is 16.8 Å². The van der Waals surface area contributed by atoms with Crippen LogP contribution in [0.3, 0.4) is 0 Å². The molecule has 0 saturated heterocycles. The molecule has 1 saturated carbocycles. The fraction of sp³-hybridized carbons (Fsp3) is 1.00. The molecule has 1 aliphatic rings. The maximum absolute atomic E-state index is 5.46. The Morgan fingerprint density at radius 2 is 1.83 bits per heavy atom. The van der Waals surface area contributed by atoms with E-state index in [1.807, 2.05) is 0 Å². The van der Waals surface area contributed by atoms with Crippen molar-refractivity contribution in [3.63, 3.8) is 0 Å². The second-order valence-electron chi connectivity index (χ2n) is 1.88. The molecule has 0 aromatic carbocycles. The summed E-state index contributed by atoms with van der Waals surface area (Å²) < 4.78 is 0. The Hall–Kier alpha value is 0.440. The van der Waals surface area contributed by atoms with E-state index >= 15 is 0 Å². The lowest BCUT2D eigenvalue weighted by Crippen LogP contribution is -2.01. The molecule has 0 unspecified atom stereocenters. The lowest BCUT2D eigenvalue weighted by molar-refractivity contribution is 0.895. The van der Waals surface area contributed by atoms with Crippen molar-refractivity contribution in [3.05, 3.63) is 0 Å². The van der Waals surface area contributed by atoms with Crippen molar-refractivity contribution >= 4 is 15.9 Å². The molecule has 0 bridgehead atoms. The van der Waals surface area contributed by atoms with Gasteiger partial charge in [-0.2, -0.15) is 0 Å². The minimum Gasteiger partial charge on any atom is -0.326 e. The van der Waals surface area contributed by atoms with Crippen LogP contribution in [-0.2, 0) is 0 Å². The summed E-state index contributed by atoms with van der Waals surface area (Å²) in [5.74, 6) is 0.713. The zero-order valence-corrected chi connectivity index (χ0v) is 5.27. The first-order chi connectivity index (χ1) is 2.73. The maximum Gasteiger partial charge on any atom is 0.0340 e. The predicted octanol–water partition coefficient (Wildman–Crippen LogP) is 0.727. The standard InChI is InChI=1S/C4H8BrN/c1-2-3(5)4(2)6/h2-4H,6H2,1H3/t2-,3+,4-/m0/s1. The predicted molar refractivity (Wildman–Crippen MR) is 29.9 cm³/mol. The van der Waals surface area contributed by atoms with Crippen LogP contribution in [0, 0.1) is 5.92 Å². The number of hydrogen-bond acceptors (Lipinski definition) is 1. The molecule has 1 rings (SSSR count). The molecule has 2 heteroatoms. The maximum atomic E-state index is 5.46. The zero-order valence-electron chi connectivity index (χ0n) is 3.69. The fourth-order valence-electron chi connectivity index (χ4n) is 0.443. The Morgan fingerprint density at radius 1 is 1.67 bits per heavy atom. The lowest BCUT2D eigenvalue weighted by Gasteiger charge is -1.68. The highest BCUT2D eigenvalue weighted by Crippen LogP contribution is 2.35. The summed E-state index contributed by atoms with van der Waals surface area (Å²) in [5, 5.41) is 0. The highest BCUT2D eigenvalue weighted by atomic mass is 79.9. The van der Waals surface area contributed by atoms with Gasteiger partial charge in [0.1, 0.15) is 0 Å². The average molecular weight is 150 g/mol. The summed E-state index contributed by atoms with van der Waals surface area (Å²) in [6.45, 7) is 2.14. The van der Waals surface area contributed by atoms with Gasteiger partial charge in [-0.15, -0.1) is 0 Å². The van der Waals surface area contributed by atoms with Gasteiger partial charge in [0.2, 0.25) is 0 Å². The minimum atomic E-state index is 0.435. The molecule has 0 aliphatic heterocycles. The van der Waals surface area contributed by atoms with Crippen molar-refractivity contribution < 1.29 is 0 Å². The summed E-state index contributed by atoms with van der Waals surface area (Å²) in [6.07, 6.45) is 0. The van der Waals surface area contributed by atoms with Crippen molar-refractivity contribution in [1.29, 1.82) is 0 Å². The van der Waals surface area contributed by atoms with Crippen LogP contribution in [0.4, 0.5) is 0 Å². The van der Waals surface area contributed by atoms with Gasteiger partial charge in [-0.3, -0.25) is 0 Å². The van der Waals surface area contributed by atoms with Gasteiger partial charge < -0.3 is 5.73 Å². The molecule has 3 atom stereocenters. The third-order valence-corrected chi connectivity index (χ3v) is 2.78. The topological polar surface area (TPSA) is 26.0 Å². The molecule has 0 spiro atoms. The number of hydrogen-bond donors (Lipinski definition) is 1. The van der Waals surface area contributed by atoms with Crippen LogP contribution in [0.15, 0.2) is 0 Å². The first-order valence-corrected chi connectivity index (χ1v) is 3.04. The third-order valence-electron chi connectivity index (χ3n) is 1.34. The molecule has 0 aromatic heterocycles. The fourth-order valence-corrected chi connectivity index (χ4v) is 1.10. The van der Waals surface area contributed by atoms with Crippen molar-refractivity contribution in [2.24, 2.45) is 11.7 Å². The Kier molecular flexibility index (Phi) is 0.922. The summed E-state index contributed by atoms with van der Waals surface area (Å²) >= 11 is 3.39. The van der Waals surface area contributed by atoms with E-state index < -0.39 is 0 Å². The first-order valence-electron chi connectivity index (χ1n) is 2.13.